The predicted octanol–water partition coefficient (Wildman–Crippen LogP) is 2.85. The van der Waals surface area contributed by atoms with Gasteiger partial charge in [-0.05, 0) is 23.8 Å². The van der Waals surface area contributed by atoms with Crippen molar-refractivity contribution in [3.05, 3.63) is 59.7 Å². The van der Waals surface area contributed by atoms with Crippen LogP contribution in [-0.2, 0) is 16.2 Å². The van der Waals surface area contributed by atoms with Crippen LogP contribution >= 0.6 is 0 Å². The molecule has 124 valence electrons. The van der Waals surface area contributed by atoms with Gasteiger partial charge in [-0.3, -0.25) is 0 Å². The molecule has 1 aliphatic rings. The van der Waals surface area contributed by atoms with Gasteiger partial charge in [0.05, 0.1) is 12.8 Å². The average Bonchev–Trinajstić information content (AvgIpc) is 3.11. The molecule has 1 N–H and O–H groups in total. The average molecular weight is 327 g/mol. The van der Waals surface area contributed by atoms with Crippen molar-refractivity contribution in [1.82, 2.24) is 0 Å². The molecule has 1 heterocycles. The van der Waals surface area contributed by atoms with E-state index in [1.807, 2.05) is 36.4 Å². The highest BCUT2D eigenvalue weighted by atomic mass is 16.7. The molecule has 1 atom stereocenters. The molecule has 1 aliphatic heterocycles. The van der Waals surface area contributed by atoms with Gasteiger partial charge in [0.15, 0.2) is 11.5 Å². The number of carbonyl (C=O) groups is 1. The topological polar surface area (TPSA) is 77.4 Å². The second-order valence-corrected chi connectivity index (χ2v) is 5.31. The molecule has 0 saturated carbocycles. The molecule has 0 radical (unpaired) electrons. The molecule has 2 aromatic carbocycles. The molecule has 0 amide bonds. The second-order valence-electron chi connectivity index (χ2n) is 5.31. The van der Waals surface area contributed by atoms with Crippen LogP contribution in [0.4, 0.5) is 0 Å². The van der Waals surface area contributed by atoms with Crippen molar-refractivity contribution in [3.63, 3.8) is 0 Å². The molecule has 6 heteroatoms. The SMILES string of the molecule is COc1cc(C2=NO[C@H](C(=O)O)C2)ccc1OCc1ccccc1. The van der Waals surface area contributed by atoms with Crippen LogP contribution in [0.1, 0.15) is 17.5 Å². The first kappa shape index (κ1) is 15.9. The van der Waals surface area contributed by atoms with Crippen LogP contribution in [0.5, 0.6) is 11.5 Å². The molecule has 0 fully saturated rings. The number of nitrogens with zero attached hydrogens (tertiary/aromatic N) is 1. The van der Waals surface area contributed by atoms with Gasteiger partial charge in [-0.25, -0.2) is 4.79 Å². The van der Waals surface area contributed by atoms with Crippen LogP contribution < -0.4 is 9.47 Å². The van der Waals surface area contributed by atoms with Gasteiger partial charge in [0.1, 0.15) is 6.61 Å². The summed E-state index contributed by atoms with van der Waals surface area (Å²) in [5.74, 6) is 0.146. The number of hydrogen-bond donors (Lipinski definition) is 1. The predicted molar refractivity (Wildman–Crippen MR) is 87.4 cm³/mol. The van der Waals surface area contributed by atoms with Crippen molar-refractivity contribution in [2.24, 2.45) is 5.16 Å². The van der Waals surface area contributed by atoms with Gasteiger partial charge in [0.2, 0.25) is 6.10 Å². The summed E-state index contributed by atoms with van der Waals surface area (Å²) in [5.41, 5.74) is 2.39. The first-order chi connectivity index (χ1) is 11.7. The van der Waals surface area contributed by atoms with Crippen LogP contribution in [0.15, 0.2) is 53.7 Å². The molecule has 0 bridgehead atoms. The Bertz CT molecular complexity index is 757. The number of aliphatic carboxylic acids is 1. The van der Waals surface area contributed by atoms with Crippen LogP contribution in [0.3, 0.4) is 0 Å². The maximum absolute atomic E-state index is 10.9. The molecule has 0 unspecified atom stereocenters. The molecule has 2 aromatic rings. The van der Waals surface area contributed by atoms with Crippen LogP contribution in [0.2, 0.25) is 0 Å². The van der Waals surface area contributed by atoms with Gasteiger partial charge in [-0.1, -0.05) is 35.5 Å². The van der Waals surface area contributed by atoms with E-state index in [4.69, 9.17) is 19.4 Å². The molecular formula is C18H17NO5. The Hall–Kier alpha value is -3.02. The first-order valence-corrected chi connectivity index (χ1v) is 7.48. The zero-order valence-electron chi connectivity index (χ0n) is 13.1. The Labute approximate surface area is 139 Å². The Morgan fingerprint density at radius 2 is 2.04 bits per heavy atom. The second kappa shape index (κ2) is 7.04. The van der Waals surface area contributed by atoms with E-state index in [0.717, 1.165) is 11.1 Å². The first-order valence-electron chi connectivity index (χ1n) is 7.48. The lowest BCUT2D eigenvalue weighted by Gasteiger charge is -2.12. The van der Waals surface area contributed by atoms with E-state index < -0.39 is 12.1 Å². The highest BCUT2D eigenvalue weighted by molar-refractivity contribution is 6.03. The maximum Gasteiger partial charge on any atom is 0.348 e. The Balaban J connectivity index is 1.73. The summed E-state index contributed by atoms with van der Waals surface area (Å²) in [4.78, 5) is 15.8. The number of carboxylic acids is 1. The monoisotopic (exact) mass is 327 g/mol. The van der Waals surface area contributed by atoms with Crippen molar-refractivity contribution in [3.8, 4) is 11.5 Å². The summed E-state index contributed by atoms with van der Waals surface area (Å²) in [6.45, 7) is 0.432. The minimum atomic E-state index is -1.02. The van der Waals surface area contributed by atoms with Crippen molar-refractivity contribution in [2.45, 2.75) is 19.1 Å². The molecule has 24 heavy (non-hydrogen) atoms. The van der Waals surface area contributed by atoms with E-state index in [0.29, 0.717) is 23.8 Å². The van der Waals surface area contributed by atoms with E-state index in [2.05, 4.69) is 5.16 Å². The number of ether oxygens (including phenoxy) is 2. The van der Waals surface area contributed by atoms with E-state index in [-0.39, 0.29) is 6.42 Å². The summed E-state index contributed by atoms with van der Waals surface area (Å²) in [6.07, 6.45) is -0.706. The quantitative estimate of drug-likeness (QED) is 0.883. The third kappa shape index (κ3) is 3.48. The van der Waals surface area contributed by atoms with Crippen LogP contribution in [-0.4, -0.2) is 30.0 Å². The van der Waals surface area contributed by atoms with Crippen LogP contribution in [0.25, 0.3) is 0 Å². The highest BCUT2D eigenvalue weighted by Gasteiger charge is 2.28. The van der Waals surface area contributed by atoms with Gasteiger partial charge < -0.3 is 19.4 Å². The number of carboxylic acid groups (broad SMARTS) is 1. The lowest BCUT2D eigenvalue weighted by Crippen LogP contribution is -2.19. The Kier molecular flexibility index (Phi) is 4.65. The number of hydrogen-bond acceptors (Lipinski definition) is 5. The molecule has 0 saturated heterocycles. The molecule has 6 nitrogen and oxygen atoms in total. The number of methoxy groups -OCH3 is 1. The van der Waals surface area contributed by atoms with Gasteiger partial charge in [-0.15, -0.1) is 0 Å². The third-order valence-electron chi connectivity index (χ3n) is 3.68. The number of benzene rings is 2. The van der Waals surface area contributed by atoms with E-state index in [1.165, 1.54) is 0 Å². The molecule has 0 aromatic heterocycles. The van der Waals surface area contributed by atoms with E-state index in [1.54, 1.807) is 19.2 Å². The zero-order chi connectivity index (χ0) is 16.9. The van der Waals surface area contributed by atoms with Gasteiger partial charge in [0.25, 0.3) is 0 Å². The Morgan fingerprint density at radius 3 is 2.71 bits per heavy atom. The van der Waals surface area contributed by atoms with Crippen molar-refractivity contribution in [1.29, 1.82) is 0 Å². The fraction of sp³-hybridized carbons (Fsp3) is 0.222. The smallest absolute Gasteiger partial charge is 0.348 e. The number of oxime groups is 1. The lowest BCUT2D eigenvalue weighted by atomic mass is 10.0. The van der Waals surface area contributed by atoms with Crippen LogP contribution in [0, 0.1) is 0 Å². The summed E-state index contributed by atoms with van der Waals surface area (Å²) in [6, 6.07) is 15.2. The molecule has 0 aliphatic carbocycles. The minimum Gasteiger partial charge on any atom is -0.493 e. The molecule has 0 spiro atoms. The largest absolute Gasteiger partial charge is 0.493 e. The van der Waals surface area contributed by atoms with Gasteiger partial charge in [-0.2, -0.15) is 0 Å². The number of rotatable bonds is 6. The van der Waals surface area contributed by atoms with Gasteiger partial charge in [0, 0.05) is 12.0 Å². The van der Waals surface area contributed by atoms with Crippen molar-refractivity contribution >= 4 is 11.7 Å². The Morgan fingerprint density at radius 1 is 1.25 bits per heavy atom. The third-order valence-corrected chi connectivity index (χ3v) is 3.68. The van der Waals surface area contributed by atoms with Crippen molar-refractivity contribution < 1.29 is 24.2 Å². The van der Waals surface area contributed by atoms with Gasteiger partial charge >= 0.3 is 5.97 Å². The van der Waals surface area contributed by atoms with E-state index in [9.17, 15) is 4.79 Å². The maximum atomic E-state index is 10.9. The summed E-state index contributed by atoms with van der Waals surface area (Å²) in [5, 5.41) is 12.8. The summed E-state index contributed by atoms with van der Waals surface area (Å²) in [7, 11) is 1.56. The summed E-state index contributed by atoms with van der Waals surface area (Å²) < 4.78 is 11.2. The minimum absolute atomic E-state index is 0.225. The highest BCUT2D eigenvalue weighted by Crippen LogP contribution is 2.30. The van der Waals surface area contributed by atoms with Crippen molar-refractivity contribution in [2.75, 3.05) is 7.11 Å². The zero-order valence-corrected chi connectivity index (χ0v) is 13.1. The lowest BCUT2D eigenvalue weighted by molar-refractivity contribution is -0.148. The normalized spacial score (nSPS) is 16.2. The summed E-state index contributed by atoms with van der Waals surface area (Å²) >= 11 is 0. The molecule has 3 rings (SSSR count). The van der Waals surface area contributed by atoms with E-state index >= 15 is 0 Å². The fourth-order valence-electron chi connectivity index (χ4n) is 2.38. The standard InChI is InChI=1S/C18H17NO5/c1-22-16-9-13(14-10-17(18(20)21)24-19-14)7-8-15(16)23-11-12-5-3-2-4-6-12/h2-9,17H,10-11H2,1H3,(H,20,21)/t17-/m0/s1. The molecular weight excluding hydrogens is 310 g/mol. The fourth-order valence-corrected chi connectivity index (χ4v) is 2.38.